The van der Waals surface area contributed by atoms with E-state index in [1.807, 2.05) is 25.1 Å². The largest absolute Gasteiger partial charge is 0.461 e. The van der Waals surface area contributed by atoms with E-state index in [0.717, 1.165) is 5.69 Å². The topological polar surface area (TPSA) is 75.4 Å². The summed E-state index contributed by atoms with van der Waals surface area (Å²) in [6.45, 7) is 1.77. The van der Waals surface area contributed by atoms with Crippen molar-refractivity contribution >= 4 is 17.4 Å². The molecular formula is C16H19N3O3. The Morgan fingerprint density at radius 2 is 2.14 bits per heavy atom. The summed E-state index contributed by atoms with van der Waals surface area (Å²) < 4.78 is 5.05. The second-order valence-corrected chi connectivity index (χ2v) is 5.27. The van der Waals surface area contributed by atoms with Crippen LogP contribution in [0.25, 0.3) is 0 Å². The zero-order chi connectivity index (χ0) is 16.1. The molecule has 0 saturated carbocycles. The Labute approximate surface area is 129 Å². The fraction of sp³-hybridized carbons (Fsp3) is 0.312. The second-order valence-electron chi connectivity index (χ2n) is 5.27. The highest BCUT2D eigenvalue weighted by Gasteiger charge is 2.17. The highest BCUT2D eigenvalue weighted by atomic mass is 16.3. The van der Waals surface area contributed by atoms with Gasteiger partial charge in [-0.2, -0.15) is 0 Å². The number of rotatable bonds is 6. The lowest BCUT2D eigenvalue weighted by molar-refractivity contribution is 0.0904. The number of Topliss-reactive ketones (excluding diaryl/α,β-unsaturated/α-hetero) is 1. The molecule has 1 amide bonds. The van der Waals surface area contributed by atoms with E-state index < -0.39 is 0 Å². The molecule has 0 aliphatic rings. The molecule has 0 aromatic carbocycles. The van der Waals surface area contributed by atoms with Gasteiger partial charge >= 0.3 is 0 Å². The van der Waals surface area contributed by atoms with Gasteiger partial charge in [0.1, 0.15) is 5.69 Å². The van der Waals surface area contributed by atoms with Gasteiger partial charge in [0, 0.05) is 38.4 Å². The number of anilines is 1. The van der Waals surface area contributed by atoms with E-state index >= 15 is 0 Å². The van der Waals surface area contributed by atoms with Crippen LogP contribution in [0.5, 0.6) is 0 Å². The Kier molecular flexibility index (Phi) is 4.93. The highest BCUT2D eigenvalue weighted by molar-refractivity contribution is 5.96. The van der Waals surface area contributed by atoms with Crippen LogP contribution in [-0.4, -0.2) is 36.8 Å². The lowest BCUT2D eigenvalue weighted by atomic mass is 10.1. The Morgan fingerprint density at radius 3 is 2.77 bits per heavy atom. The van der Waals surface area contributed by atoms with Crippen LogP contribution in [0.15, 0.2) is 41.1 Å². The minimum Gasteiger partial charge on any atom is -0.461 e. The fourth-order valence-corrected chi connectivity index (χ4v) is 1.99. The van der Waals surface area contributed by atoms with Gasteiger partial charge in [0.2, 0.25) is 0 Å². The molecule has 0 spiro atoms. The number of amides is 1. The SMILES string of the molecule is C[C@H](CC(=O)c1ccco1)NC(=O)c1cc(N(C)C)ccn1. The third kappa shape index (κ3) is 3.94. The molecule has 116 valence electrons. The first-order valence-electron chi connectivity index (χ1n) is 6.98. The average molecular weight is 301 g/mol. The molecule has 2 aromatic heterocycles. The molecule has 6 nitrogen and oxygen atoms in total. The minimum absolute atomic E-state index is 0.146. The molecule has 1 N–H and O–H groups in total. The highest BCUT2D eigenvalue weighted by Crippen LogP contribution is 2.12. The molecule has 0 aliphatic heterocycles. The Bertz CT molecular complexity index is 650. The lowest BCUT2D eigenvalue weighted by Crippen LogP contribution is -2.34. The summed E-state index contributed by atoms with van der Waals surface area (Å²) in [5, 5.41) is 2.77. The fourth-order valence-electron chi connectivity index (χ4n) is 1.99. The standard InChI is InChI=1S/C16H19N3O3/c1-11(9-14(20)15-5-4-8-22-15)18-16(21)13-10-12(19(2)3)6-7-17-13/h4-8,10-11H,9H2,1-3H3,(H,18,21)/t11-/m1/s1. The molecule has 0 radical (unpaired) electrons. The molecule has 2 rings (SSSR count). The van der Waals surface area contributed by atoms with Gasteiger partial charge in [-0.3, -0.25) is 14.6 Å². The zero-order valence-corrected chi connectivity index (χ0v) is 12.9. The Hall–Kier alpha value is -2.63. The van der Waals surface area contributed by atoms with E-state index in [2.05, 4.69) is 10.3 Å². The predicted octanol–water partition coefficient (Wildman–Crippen LogP) is 2.13. The van der Waals surface area contributed by atoms with Gasteiger partial charge in [-0.05, 0) is 31.2 Å². The van der Waals surface area contributed by atoms with E-state index in [9.17, 15) is 9.59 Å². The number of nitrogens with one attached hydrogen (secondary N) is 1. The molecule has 2 aromatic rings. The van der Waals surface area contributed by atoms with E-state index in [-0.39, 0.29) is 24.2 Å². The molecule has 2 heterocycles. The van der Waals surface area contributed by atoms with Gasteiger partial charge in [-0.15, -0.1) is 0 Å². The lowest BCUT2D eigenvalue weighted by Gasteiger charge is -2.15. The Morgan fingerprint density at radius 1 is 1.36 bits per heavy atom. The number of hydrogen-bond donors (Lipinski definition) is 1. The number of carbonyl (C=O) groups is 2. The molecule has 22 heavy (non-hydrogen) atoms. The molecule has 0 fully saturated rings. The van der Waals surface area contributed by atoms with Gasteiger partial charge in [0.05, 0.1) is 6.26 Å². The molecule has 0 bridgehead atoms. The van der Waals surface area contributed by atoms with Crippen molar-refractivity contribution in [3.8, 4) is 0 Å². The normalized spacial score (nSPS) is 11.8. The van der Waals surface area contributed by atoms with Crippen LogP contribution in [0, 0.1) is 0 Å². The number of hydrogen-bond acceptors (Lipinski definition) is 5. The van der Waals surface area contributed by atoms with Crippen molar-refractivity contribution in [1.29, 1.82) is 0 Å². The van der Waals surface area contributed by atoms with Crippen molar-refractivity contribution in [2.24, 2.45) is 0 Å². The van der Waals surface area contributed by atoms with Gasteiger partial charge in [0.25, 0.3) is 5.91 Å². The Balaban J connectivity index is 1.96. The summed E-state index contributed by atoms with van der Waals surface area (Å²) in [6, 6.07) is 6.48. The first kappa shape index (κ1) is 15.8. The van der Waals surface area contributed by atoms with E-state index in [1.165, 1.54) is 6.26 Å². The second kappa shape index (κ2) is 6.89. The van der Waals surface area contributed by atoms with Crippen LogP contribution in [0.2, 0.25) is 0 Å². The smallest absolute Gasteiger partial charge is 0.270 e. The van der Waals surface area contributed by atoms with Crippen molar-refractivity contribution in [2.75, 3.05) is 19.0 Å². The third-order valence-corrected chi connectivity index (χ3v) is 3.16. The number of nitrogens with zero attached hydrogens (tertiary/aromatic N) is 2. The van der Waals surface area contributed by atoms with Crippen molar-refractivity contribution in [3.05, 3.63) is 48.2 Å². The van der Waals surface area contributed by atoms with E-state index in [1.54, 1.807) is 31.3 Å². The summed E-state index contributed by atoms with van der Waals surface area (Å²) >= 11 is 0. The maximum Gasteiger partial charge on any atom is 0.270 e. The van der Waals surface area contributed by atoms with Gasteiger partial charge in [0.15, 0.2) is 11.5 Å². The summed E-state index contributed by atoms with van der Waals surface area (Å²) in [4.78, 5) is 30.0. The zero-order valence-electron chi connectivity index (χ0n) is 12.9. The molecule has 0 aliphatic carbocycles. The van der Waals surface area contributed by atoms with Crippen molar-refractivity contribution < 1.29 is 14.0 Å². The molecule has 1 atom stereocenters. The van der Waals surface area contributed by atoms with Crippen molar-refractivity contribution in [3.63, 3.8) is 0 Å². The molecule has 0 unspecified atom stereocenters. The van der Waals surface area contributed by atoms with Crippen molar-refractivity contribution in [2.45, 2.75) is 19.4 Å². The first-order chi connectivity index (χ1) is 10.5. The van der Waals surface area contributed by atoms with Gasteiger partial charge in [-0.25, -0.2) is 0 Å². The maximum absolute atomic E-state index is 12.2. The summed E-state index contributed by atoms with van der Waals surface area (Å²) in [7, 11) is 3.78. The van der Waals surface area contributed by atoms with Crippen LogP contribution >= 0.6 is 0 Å². The van der Waals surface area contributed by atoms with Crippen LogP contribution in [-0.2, 0) is 0 Å². The van der Waals surface area contributed by atoms with E-state index in [0.29, 0.717) is 11.5 Å². The van der Waals surface area contributed by atoms with E-state index in [4.69, 9.17) is 4.42 Å². The number of ketones is 1. The molecule has 0 saturated heterocycles. The quantitative estimate of drug-likeness (QED) is 0.827. The summed E-state index contributed by atoms with van der Waals surface area (Å²) in [6.07, 6.45) is 3.21. The van der Waals surface area contributed by atoms with Crippen LogP contribution in [0.4, 0.5) is 5.69 Å². The number of aromatic nitrogens is 1. The molecule has 6 heteroatoms. The van der Waals surface area contributed by atoms with Gasteiger partial charge < -0.3 is 14.6 Å². The van der Waals surface area contributed by atoms with Gasteiger partial charge in [-0.1, -0.05) is 0 Å². The third-order valence-electron chi connectivity index (χ3n) is 3.16. The minimum atomic E-state index is -0.310. The predicted molar refractivity (Wildman–Crippen MR) is 83.1 cm³/mol. The van der Waals surface area contributed by atoms with Crippen LogP contribution in [0.3, 0.4) is 0 Å². The number of pyridine rings is 1. The number of furan rings is 1. The maximum atomic E-state index is 12.2. The summed E-state index contributed by atoms with van der Waals surface area (Å²) in [5.41, 5.74) is 1.21. The average Bonchev–Trinajstić information content (AvgIpc) is 3.01. The monoisotopic (exact) mass is 301 g/mol. The molecular weight excluding hydrogens is 282 g/mol. The van der Waals surface area contributed by atoms with Crippen LogP contribution < -0.4 is 10.2 Å². The summed E-state index contributed by atoms with van der Waals surface area (Å²) in [5.74, 6) is -0.148. The van der Waals surface area contributed by atoms with Crippen LogP contribution in [0.1, 0.15) is 34.4 Å². The van der Waals surface area contributed by atoms with Crippen molar-refractivity contribution in [1.82, 2.24) is 10.3 Å². The first-order valence-corrected chi connectivity index (χ1v) is 6.98. The number of carbonyl (C=O) groups excluding carboxylic acids is 2.